The standard InChI is InChI=1S/C18H16S2.6C6H5.2Sn/c1-3-9-17(10-4-1)15-19-13-7-8-14-20-16-18-11-5-2-6-12-18;6*1-2-4-6-5-3-1;;/h1-12H,15-16H2;6*1-5H;;. The summed E-state index contributed by atoms with van der Waals surface area (Å²) in [7, 11) is 0. The minimum absolute atomic E-state index is 0.892. The van der Waals surface area contributed by atoms with E-state index in [2.05, 4.69) is 255 Å². The quantitative estimate of drug-likeness (QED) is 0.0742. The van der Waals surface area contributed by atoms with Crippen LogP contribution >= 0.6 is 23.5 Å². The fourth-order valence-electron chi connectivity index (χ4n) is 8.17. The molecule has 0 aliphatic carbocycles. The minimum atomic E-state index is -4.03. The molecule has 0 aliphatic heterocycles. The molecular formula is C54H46S2Sn2. The van der Waals surface area contributed by atoms with Crippen LogP contribution in [0, 0.1) is 0 Å². The van der Waals surface area contributed by atoms with Gasteiger partial charge in [-0.05, 0) is 0 Å². The van der Waals surface area contributed by atoms with Crippen molar-refractivity contribution in [3.63, 3.8) is 0 Å². The Morgan fingerprint density at radius 2 is 0.466 bits per heavy atom. The summed E-state index contributed by atoms with van der Waals surface area (Å²) in [6.45, 7) is 0. The zero-order chi connectivity index (χ0) is 39.3. The van der Waals surface area contributed by atoms with Crippen molar-refractivity contribution in [2.75, 3.05) is 0 Å². The van der Waals surface area contributed by atoms with E-state index in [9.17, 15) is 0 Å². The molecule has 0 atom stereocenters. The van der Waals surface area contributed by atoms with Crippen molar-refractivity contribution in [1.82, 2.24) is 0 Å². The summed E-state index contributed by atoms with van der Waals surface area (Å²) in [5.74, 6) is 1.78. The van der Waals surface area contributed by atoms with Crippen LogP contribution in [-0.4, -0.2) is 36.8 Å². The van der Waals surface area contributed by atoms with Gasteiger partial charge < -0.3 is 0 Å². The maximum absolute atomic E-state index is 4.03. The van der Waals surface area contributed by atoms with E-state index in [-0.39, 0.29) is 0 Å². The van der Waals surface area contributed by atoms with Gasteiger partial charge in [0.15, 0.2) is 0 Å². The Bertz CT molecular complexity index is 2140. The Morgan fingerprint density at radius 3 is 0.672 bits per heavy atom. The summed E-state index contributed by atoms with van der Waals surface area (Å²) in [6.07, 6.45) is 5.20. The van der Waals surface area contributed by atoms with E-state index in [1.54, 1.807) is 0 Å². The normalized spacial score (nSPS) is 12.3. The van der Waals surface area contributed by atoms with Gasteiger partial charge >= 0.3 is 365 Å². The van der Waals surface area contributed by atoms with Crippen LogP contribution in [-0.2, 0) is 11.5 Å². The zero-order valence-electron chi connectivity index (χ0n) is 32.5. The molecule has 0 radical (unpaired) electrons. The molecule has 0 aromatic heterocycles. The first kappa shape index (κ1) is 40.3. The molecule has 0 heterocycles. The van der Waals surface area contributed by atoms with Gasteiger partial charge in [-0.15, -0.1) is 0 Å². The van der Waals surface area contributed by atoms with Gasteiger partial charge in [-0.2, -0.15) is 0 Å². The van der Waals surface area contributed by atoms with Gasteiger partial charge in [-0.3, -0.25) is 0 Å². The second-order valence-electron chi connectivity index (χ2n) is 14.3. The molecule has 0 nitrogen and oxygen atoms in total. The second kappa shape index (κ2) is 20.0. The van der Waals surface area contributed by atoms with Crippen molar-refractivity contribution in [3.05, 3.63) is 272 Å². The van der Waals surface area contributed by atoms with Crippen molar-refractivity contribution in [3.8, 4) is 0 Å². The van der Waals surface area contributed by atoms with E-state index in [0.717, 1.165) is 11.5 Å². The summed E-state index contributed by atoms with van der Waals surface area (Å²) >= 11 is -3.97. The van der Waals surface area contributed by atoms with Crippen LogP contribution in [0.15, 0.2) is 261 Å². The summed E-state index contributed by atoms with van der Waals surface area (Å²) < 4.78 is 11.7. The molecule has 0 saturated carbocycles. The Kier molecular flexibility index (Phi) is 13.9. The van der Waals surface area contributed by atoms with Gasteiger partial charge in [0.2, 0.25) is 0 Å². The molecule has 4 heteroatoms. The Labute approximate surface area is 361 Å². The number of benzene rings is 8. The van der Waals surface area contributed by atoms with E-state index in [1.807, 2.05) is 23.5 Å². The molecular weight excluding hydrogens is 950 g/mol. The van der Waals surface area contributed by atoms with Crippen molar-refractivity contribution in [2.45, 2.75) is 11.5 Å². The molecule has 0 amide bonds. The van der Waals surface area contributed by atoms with Crippen molar-refractivity contribution in [2.24, 2.45) is 0 Å². The fourth-order valence-corrected chi connectivity index (χ4v) is 44.0. The van der Waals surface area contributed by atoms with Crippen molar-refractivity contribution in [1.29, 1.82) is 0 Å². The van der Waals surface area contributed by atoms with Crippen LogP contribution in [0.4, 0.5) is 0 Å². The van der Waals surface area contributed by atoms with Gasteiger partial charge in [0.05, 0.1) is 0 Å². The molecule has 0 fully saturated rings. The van der Waals surface area contributed by atoms with Gasteiger partial charge in [-0.25, -0.2) is 0 Å². The Morgan fingerprint density at radius 1 is 0.276 bits per heavy atom. The van der Waals surface area contributed by atoms with E-state index in [4.69, 9.17) is 0 Å². The zero-order valence-corrected chi connectivity index (χ0v) is 39.8. The number of rotatable bonds is 15. The van der Waals surface area contributed by atoms with Crippen LogP contribution in [0.2, 0.25) is 0 Å². The predicted molar refractivity (Wildman–Crippen MR) is 260 cm³/mol. The molecule has 0 N–H and O–H groups in total. The van der Waals surface area contributed by atoms with E-state index >= 15 is 0 Å². The molecule has 0 spiro atoms. The predicted octanol–water partition coefficient (Wildman–Crippen LogP) is 10.0. The van der Waals surface area contributed by atoms with Gasteiger partial charge in [0.25, 0.3) is 0 Å². The molecule has 8 aromatic carbocycles. The van der Waals surface area contributed by atoms with Gasteiger partial charge in [-0.1, -0.05) is 0 Å². The van der Waals surface area contributed by atoms with E-state index in [0.29, 0.717) is 0 Å². The third-order valence-corrected chi connectivity index (χ3v) is 45.0. The molecule has 0 unspecified atom stereocenters. The molecule has 58 heavy (non-hydrogen) atoms. The molecule has 0 bridgehead atoms. The summed E-state index contributed by atoms with van der Waals surface area (Å²) in [5, 5.41) is 0. The molecule has 8 aromatic rings. The molecule has 282 valence electrons. The van der Waals surface area contributed by atoms with Crippen LogP contribution in [0.3, 0.4) is 0 Å². The topological polar surface area (TPSA) is 0 Å². The number of hydrogen-bond donors (Lipinski definition) is 0. The SMILES string of the molecule is C(/C=[C](\SCc1ccccc1)[Sn]([c]1ccccc1)([c]1ccccc1)[c]1ccccc1)=[C](/SCc1ccccc1)[Sn]([c]1ccccc1)([c]1ccccc1)[c]1ccccc1. The van der Waals surface area contributed by atoms with Crippen LogP contribution in [0.25, 0.3) is 0 Å². The number of thioether (sulfide) groups is 2. The third kappa shape index (κ3) is 8.77. The van der Waals surface area contributed by atoms with Crippen molar-refractivity contribution < 1.29 is 0 Å². The Hall–Kier alpha value is -4.46. The monoisotopic (exact) mass is 998 g/mol. The molecule has 0 aliphatic rings. The van der Waals surface area contributed by atoms with Gasteiger partial charge in [0, 0.05) is 0 Å². The summed E-state index contributed by atoms with van der Waals surface area (Å²) in [5.41, 5.74) is 2.67. The third-order valence-electron chi connectivity index (χ3n) is 10.8. The van der Waals surface area contributed by atoms with Crippen LogP contribution < -0.4 is 21.5 Å². The summed E-state index contributed by atoms with van der Waals surface area (Å²) in [4.78, 5) is 0. The number of hydrogen-bond acceptors (Lipinski definition) is 2. The molecule has 8 rings (SSSR count). The van der Waals surface area contributed by atoms with Crippen molar-refractivity contribution >= 4 is 81.8 Å². The molecule has 0 saturated heterocycles. The first-order chi connectivity index (χ1) is 28.8. The second-order valence-corrected chi connectivity index (χ2v) is 39.9. The summed E-state index contributed by atoms with van der Waals surface area (Å²) in [6, 6.07) is 90.7. The average molecular weight is 997 g/mol. The first-order valence-electron chi connectivity index (χ1n) is 19.9. The van der Waals surface area contributed by atoms with Crippen LogP contribution in [0.1, 0.15) is 11.1 Å². The van der Waals surface area contributed by atoms with E-state index in [1.165, 1.54) is 38.4 Å². The van der Waals surface area contributed by atoms with E-state index < -0.39 is 36.8 Å². The van der Waals surface area contributed by atoms with Crippen LogP contribution in [0.5, 0.6) is 0 Å². The number of allylic oxidation sites excluding steroid dienone is 2. The fraction of sp³-hybridized carbons (Fsp3) is 0.0370. The first-order valence-corrected chi connectivity index (χ1v) is 33.3. The van der Waals surface area contributed by atoms with Gasteiger partial charge in [0.1, 0.15) is 0 Å². The average Bonchev–Trinajstić information content (AvgIpc) is 3.31. The maximum atomic E-state index is 2.60. The Balaban J connectivity index is 1.46.